The minimum atomic E-state index is -0.822. The van der Waals surface area contributed by atoms with Crippen molar-refractivity contribution in [3.63, 3.8) is 0 Å². The smallest absolute Gasteiger partial charge is 0.144 e. The summed E-state index contributed by atoms with van der Waals surface area (Å²) in [6, 6.07) is 10.1. The van der Waals surface area contributed by atoms with Gasteiger partial charge in [0, 0.05) is 11.8 Å². The lowest BCUT2D eigenvalue weighted by Gasteiger charge is -2.35. The molecule has 148 valence electrons. The number of ketones is 1. The van der Waals surface area contributed by atoms with Gasteiger partial charge in [-0.15, -0.1) is 0 Å². The van der Waals surface area contributed by atoms with Crippen molar-refractivity contribution in [2.45, 2.75) is 71.1 Å². The molecule has 4 heteroatoms. The molecule has 4 rings (SSSR count). The van der Waals surface area contributed by atoms with E-state index in [1.165, 1.54) is 0 Å². The van der Waals surface area contributed by atoms with Crippen LogP contribution in [0.5, 0.6) is 0 Å². The van der Waals surface area contributed by atoms with E-state index in [1.807, 2.05) is 65.0 Å². The highest BCUT2D eigenvalue weighted by Gasteiger charge is 2.72. The van der Waals surface area contributed by atoms with E-state index < -0.39 is 5.60 Å². The first-order valence-electron chi connectivity index (χ1n) is 10.2. The van der Waals surface area contributed by atoms with Crippen molar-refractivity contribution in [3.05, 3.63) is 35.9 Å². The quantitative estimate of drug-likeness (QED) is 0.858. The minimum absolute atomic E-state index is 0.0142. The van der Waals surface area contributed by atoms with E-state index in [0.29, 0.717) is 6.61 Å². The van der Waals surface area contributed by atoms with Crippen LogP contribution < -0.4 is 0 Å². The Morgan fingerprint density at radius 2 is 1.70 bits per heavy atom. The second kappa shape index (κ2) is 6.40. The molecule has 7 atom stereocenters. The van der Waals surface area contributed by atoms with Crippen LogP contribution in [-0.2, 0) is 20.9 Å². The molecule has 0 radical (unpaired) electrons. The van der Waals surface area contributed by atoms with Crippen molar-refractivity contribution in [3.8, 4) is 0 Å². The average Bonchev–Trinajstić information content (AvgIpc) is 3.13. The molecule has 0 saturated heterocycles. The lowest BCUT2D eigenvalue weighted by molar-refractivity contribution is -0.137. The van der Waals surface area contributed by atoms with Crippen LogP contribution in [0.1, 0.15) is 46.6 Å². The Morgan fingerprint density at radius 1 is 1.04 bits per heavy atom. The van der Waals surface area contributed by atoms with Gasteiger partial charge in [0.25, 0.3) is 0 Å². The molecule has 0 heterocycles. The first-order valence-corrected chi connectivity index (χ1v) is 10.2. The molecule has 0 spiro atoms. The largest absolute Gasteiger partial charge is 0.390 e. The van der Waals surface area contributed by atoms with Crippen LogP contribution in [0, 0.1) is 29.6 Å². The van der Waals surface area contributed by atoms with Gasteiger partial charge in [-0.3, -0.25) is 4.79 Å². The molecule has 0 aromatic heterocycles. The normalized spacial score (nSPS) is 38.0. The number of carbonyl (C=O) groups excluding carboxylic acids is 1. The average molecular weight is 373 g/mol. The van der Waals surface area contributed by atoms with Gasteiger partial charge in [0.05, 0.1) is 35.9 Å². The van der Waals surface area contributed by atoms with Crippen LogP contribution in [0.3, 0.4) is 0 Å². The fourth-order valence-electron chi connectivity index (χ4n) is 5.86. The molecule has 3 fully saturated rings. The Balaban J connectivity index is 1.63. The van der Waals surface area contributed by atoms with E-state index in [0.717, 1.165) is 12.0 Å². The predicted octanol–water partition coefficient (Wildman–Crippen LogP) is 3.61. The zero-order valence-electron chi connectivity index (χ0n) is 17.0. The Hall–Kier alpha value is -1.23. The third-order valence-corrected chi connectivity index (χ3v) is 6.72. The van der Waals surface area contributed by atoms with Crippen molar-refractivity contribution in [2.24, 2.45) is 29.6 Å². The topological polar surface area (TPSA) is 55.8 Å². The third-order valence-electron chi connectivity index (χ3n) is 6.72. The van der Waals surface area contributed by atoms with E-state index in [-0.39, 0.29) is 53.2 Å². The number of fused-ring (bicyclic) bond motifs is 1. The van der Waals surface area contributed by atoms with Crippen LogP contribution in [0.25, 0.3) is 0 Å². The summed E-state index contributed by atoms with van der Waals surface area (Å²) in [4.78, 5) is 13.2. The van der Waals surface area contributed by atoms with Gasteiger partial charge in [0.2, 0.25) is 0 Å². The monoisotopic (exact) mass is 372 g/mol. The summed E-state index contributed by atoms with van der Waals surface area (Å²) in [5.74, 6) is 0.499. The first kappa shape index (κ1) is 19.1. The number of benzene rings is 1. The van der Waals surface area contributed by atoms with E-state index >= 15 is 0 Å². The molecule has 2 bridgehead atoms. The standard InChI is InChI=1S/C23H32O4/c1-22(2,3)27-21-16-14-11-15(23(4,5)25)17(16)20(18(21)19(14)24)26-12-13-9-7-6-8-10-13/h6-10,14-18,20-21,25H,11-12H2,1-5H3/t14-,15-,16-,17+,18+,20-,21-/m0/s1. The van der Waals surface area contributed by atoms with Gasteiger partial charge in [-0.1, -0.05) is 30.3 Å². The SMILES string of the molecule is CC(C)(C)O[C@@H]1[C@@H]2C(=O)[C@H]3C[C@H](C(C)(C)O)[C@@H]([C@@H]2OCc2ccccc2)[C@@H]13. The number of ether oxygens (including phenoxy) is 2. The molecule has 3 saturated carbocycles. The van der Waals surface area contributed by atoms with Gasteiger partial charge in [-0.25, -0.2) is 0 Å². The highest BCUT2D eigenvalue weighted by Crippen LogP contribution is 2.64. The van der Waals surface area contributed by atoms with Crippen LogP contribution in [0.2, 0.25) is 0 Å². The van der Waals surface area contributed by atoms with Crippen LogP contribution >= 0.6 is 0 Å². The maximum Gasteiger partial charge on any atom is 0.144 e. The fourth-order valence-corrected chi connectivity index (χ4v) is 5.86. The Bertz CT molecular complexity index is 699. The highest BCUT2D eigenvalue weighted by atomic mass is 16.5. The van der Waals surface area contributed by atoms with E-state index in [4.69, 9.17) is 9.47 Å². The molecule has 4 nitrogen and oxygen atoms in total. The van der Waals surface area contributed by atoms with Crippen LogP contribution in [-0.4, -0.2) is 34.3 Å². The highest BCUT2D eigenvalue weighted by molar-refractivity contribution is 5.89. The molecule has 1 aromatic rings. The molecule has 1 N–H and O–H groups in total. The summed E-state index contributed by atoms with van der Waals surface area (Å²) in [6.07, 6.45) is 0.481. The lowest BCUT2D eigenvalue weighted by atomic mass is 9.78. The minimum Gasteiger partial charge on any atom is -0.390 e. The number of hydrogen-bond acceptors (Lipinski definition) is 4. The summed E-state index contributed by atoms with van der Waals surface area (Å²) in [6.45, 7) is 10.4. The maximum atomic E-state index is 13.2. The summed E-state index contributed by atoms with van der Waals surface area (Å²) < 4.78 is 12.8. The number of Topliss-reactive ketones (excluding diaryl/α,β-unsaturated/α-hetero) is 1. The van der Waals surface area contributed by atoms with Crippen molar-refractivity contribution < 1.29 is 19.4 Å². The molecule has 27 heavy (non-hydrogen) atoms. The third kappa shape index (κ3) is 3.26. The van der Waals surface area contributed by atoms with E-state index in [2.05, 4.69) is 0 Å². The van der Waals surface area contributed by atoms with Gasteiger partial charge >= 0.3 is 0 Å². The van der Waals surface area contributed by atoms with Crippen molar-refractivity contribution in [1.82, 2.24) is 0 Å². The lowest BCUT2D eigenvalue weighted by Crippen LogP contribution is -2.41. The van der Waals surface area contributed by atoms with Crippen molar-refractivity contribution in [1.29, 1.82) is 0 Å². The fraction of sp³-hybridized carbons (Fsp3) is 0.696. The summed E-state index contributed by atoms with van der Waals surface area (Å²) >= 11 is 0. The number of carbonyl (C=O) groups is 1. The second-order valence-corrected chi connectivity index (χ2v) is 10.1. The predicted molar refractivity (Wildman–Crippen MR) is 103 cm³/mol. The van der Waals surface area contributed by atoms with Crippen LogP contribution in [0.4, 0.5) is 0 Å². The molecule has 3 aliphatic rings. The first-order chi connectivity index (χ1) is 12.6. The summed E-state index contributed by atoms with van der Waals surface area (Å²) in [5.41, 5.74) is -0.0166. The van der Waals surface area contributed by atoms with Gasteiger partial charge in [0.1, 0.15) is 5.78 Å². The molecule has 0 aliphatic heterocycles. The Kier molecular flexibility index (Phi) is 4.53. The molecular weight excluding hydrogens is 340 g/mol. The Morgan fingerprint density at radius 3 is 2.30 bits per heavy atom. The van der Waals surface area contributed by atoms with E-state index in [9.17, 15) is 9.90 Å². The van der Waals surface area contributed by atoms with E-state index in [1.54, 1.807) is 0 Å². The molecular formula is C23H32O4. The van der Waals surface area contributed by atoms with Gasteiger partial charge in [-0.2, -0.15) is 0 Å². The zero-order valence-corrected chi connectivity index (χ0v) is 17.0. The van der Waals surface area contributed by atoms with Gasteiger partial charge in [0.15, 0.2) is 0 Å². The molecule has 3 aliphatic carbocycles. The summed E-state index contributed by atoms with van der Waals surface area (Å²) in [7, 11) is 0. The van der Waals surface area contributed by atoms with Crippen molar-refractivity contribution >= 4 is 5.78 Å². The number of rotatable bonds is 5. The number of aliphatic hydroxyl groups is 1. The maximum absolute atomic E-state index is 13.2. The van der Waals surface area contributed by atoms with Crippen molar-refractivity contribution in [2.75, 3.05) is 0 Å². The summed E-state index contributed by atoms with van der Waals surface area (Å²) in [5, 5.41) is 10.8. The second-order valence-electron chi connectivity index (χ2n) is 10.1. The number of hydrogen-bond donors (Lipinski definition) is 1. The molecule has 1 aromatic carbocycles. The molecule has 0 amide bonds. The molecule has 0 unspecified atom stereocenters. The van der Waals surface area contributed by atoms with Gasteiger partial charge < -0.3 is 14.6 Å². The van der Waals surface area contributed by atoms with Gasteiger partial charge in [-0.05, 0) is 58.4 Å². The Labute approximate surface area is 162 Å². The zero-order chi connectivity index (χ0) is 19.6. The van der Waals surface area contributed by atoms with Crippen LogP contribution in [0.15, 0.2) is 30.3 Å².